The lowest BCUT2D eigenvalue weighted by Gasteiger charge is -2.01. The molecule has 24 heavy (non-hydrogen) atoms. The summed E-state index contributed by atoms with van der Waals surface area (Å²) in [5.41, 5.74) is 1.44. The summed E-state index contributed by atoms with van der Waals surface area (Å²) in [7, 11) is 0. The Morgan fingerprint density at radius 2 is 1.71 bits per heavy atom. The molecule has 128 valence electrons. The molecule has 2 rings (SSSR count). The number of hydrogen-bond acceptors (Lipinski definition) is 2. The minimum absolute atomic E-state index is 0.206. The second kappa shape index (κ2) is 10.8. The smallest absolute Gasteiger partial charge is 0.303 e. The Kier molecular flexibility index (Phi) is 8.33. The summed E-state index contributed by atoms with van der Waals surface area (Å²) >= 11 is 1.82. The quantitative estimate of drug-likeness (QED) is 0.511. The summed E-state index contributed by atoms with van der Waals surface area (Å²) in [6.07, 6.45) is 12.2. The van der Waals surface area contributed by atoms with E-state index in [1.54, 1.807) is 0 Å². The van der Waals surface area contributed by atoms with Crippen molar-refractivity contribution >= 4 is 23.4 Å². The molecule has 0 bridgehead atoms. The Labute approximate surface area is 148 Å². The van der Waals surface area contributed by atoms with Crippen LogP contribution in [0.2, 0.25) is 0 Å². The normalized spacial score (nSPS) is 11.2. The predicted octanol–water partition coefficient (Wildman–Crippen LogP) is 5.97. The van der Waals surface area contributed by atoms with E-state index in [2.05, 4.69) is 42.5 Å². The molecule has 0 radical (unpaired) electrons. The van der Waals surface area contributed by atoms with Crippen molar-refractivity contribution in [2.24, 2.45) is 0 Å². The van der Waals surface area contributed by atoms with Crippen molar-refractivity contribution in [3.63, 3.8) is 0 Å². The van der Waals surface area contributed by atoms with Crippen molar-refractivity contribution in [2.75, 3.05) is 0 Å². The fraction of sp³-hybridized carbons (Fsp3) is 0.381. The fourth-order valence-corrected chi connectivity index (χ4v) is 3.64. The van der Waals surface area contributed by atoms with Gasteiger partial charge in [-0.2, -0.15) is 0 Å². The zero-order valence-corrected chi connectivity index (χ0v) is 14.9. The Morgan fingerprint density at radius 1 is 0.958 bits per heavy atom. The van der Waals surface area contributed by atoms with Crippen LogP contribution in [-0.2, 0) is 17.6 Å². The van der Waals surface area contributed by atoms with Gasteiger partial charge in [0.25, 0.3) is 0 Å². The Balaban J connectivity index is 1.57. The van der Waals surface area contributed by atoms with Gasteiger partial charge in [-0.25, -0.2) is 0 Å². The Hall–Kier alpha value is -1.87. The molecule has 0 aliphatic carbocycles. The van der Waals surface area contributed by atoms with Crippen molar-refractivity contribution in [3.8, 4) is 0 Å². The zero-order valence-electron chi connectivity index (χ0n) is 14.1. The zero-order chi connectivity index (χ0) is 17.0. The molecule has 0 aliphatic rings. The van der Waals surface area contributed by atoms with E-state index < -0.39 is 5.97 Å². The highest BCUT2D eigenvalue weighted by Gasteiger charge is 1.99. The van der Waals surface area contributed by atoms with Crippen molar-refractivity contribution < 1.29 is 9.90 Å². The van der Waals surface area contributed by atoms with Gasteiger partial charge >= 0.3 is 5.97 Å². The number of unbranched alkanes of at least 4 members (excludes halogenated alkanes) is 3. The number of benzene rings is 1. The molecule has 0 saturated carbocycles. The fourth-order valence-electron chi connectivity index (χ4n) is 2.65. The molecule has 0 aliphatic heterocycles. The number of allylic oxidation sites excluding steroid dienone is 1. The van der Waals surface area contributed by atoms with Gasteiger partial charge in [0.1, 0.15) is 0 Å². The maximum Gasteiger partial charge on any atom is 0.303 e. The lowest BCUT2D eigenvalue weighted by atomic mass is 10.1. The average molecular weight is 343 g/mol. The number of carboxylic acid groups (broad SMARTS) is 1. The summed E-state index contributed by atoms with van der Waals surface area (Å²) in [6.45, 7) is 0. The number of aliphatic carboxylic acids is 1. The van der Waals surface area contributed by atoms with Crippen molar-refractivity contribution in [1.29, 1.82) is 0 Å². The van der Waals surface area contributed by atoms with Crippen LogP contribution in [0.25, 0.3) is 6.08 Å². The number of carboxylic acids is 1. The number of hydrogen-bond donors (Lipinski definition) is 1. The van der Waals surface area contributed by atoms with Gasteiger partial charge in [-0.3, -0.25) is 4.79 Å². The minimum Gasteiger partial charge on any atom is -0.481 e. The number of carbonyl (C=O) groups is 1. The van der Waals surface area contributed by atoms with Crippen molar-refractivity contribution in [3.05, 3.63) is 63.9 Å². The molecule has 1 N–H and O–H groups in total. The second-order valence-corrected chi connectivity index (χ2v) is 7.24. The maximum atomic E-state index is 10.5. The van der Waals surface area contributed by atoms with E-state index in [0.29, 0.717) is 6.42 Å². The first kappa shape index (κ1) is 18.5. The molecule has 0 unspecified atom stereocenters. The van der Waals surface area contributed by atoms with Crippen LogP contribution in [-0.4, -0.2) is 11.1 Å². The monoisotopic (exact) mass is 342 g/mol. The number of rotatable bonds is 11. The van der Waals surface area contributed by atoms with Crippen LogP contribution in [0.1, 0.15) is 53.8 Å². The van der Waals surface area contributed by atoms with E-state index in [0.717, 1.165) is 6.42 Å². The standard InChI is InChI=1S/C21H26O2S/c22-21(23)15-9-8-14-20-17-16-19(24-20)13-7-2-1-4-10-18-11-5-3-6-12-18/h3,5-6,8,11-12,14,16-17H,1-2,4,7,9-10,13,15H2,(H,22,23)/b14-8+. The summed E-state index contributed by atoms with van der Waals surface area (Å²) < 4.78 is 0. The highest BCUT2D eigenvalue weighted by atomic mass is 32.1. The molecule has 1 aromatic carbocycles. The molecule has 1 heterocycles. The minimum atomic E-state index is -0.737. The summed E-state index contributed by atoms with van der Waals surface area (Å²) in [4.78, 5) is 13.1. The van der Waals surface area contributed by atoms with Gasteiger partial charge < -0.3 is 5.11 Å². The van der Waals surface area contributed by atoms with E-state index in [9.17, 15) is 4.79 Å². The van der Waals surface area contributed by atoms with Gasteiger partial charge in [0.2, 0.25) is 0 Å². The van der Waals surface area contributed by atoms with Gasteiger partial charge in [0.15, 0.2) is 0 Å². The van der Waals surface area contributed by atoms with Crippen LogP contribution in [0.3, 0.4) is 0 Å². The summed E-state index contributed by atoms with van der Waals surface area (Å²) in [5.74, 6) is -0.737. The van der Waals surface area contributed by atoms with Gasteiger partial charge in [-0.15, -0.1) is 11.3 Å². The van der Waals surface area contributed by atoms with Gasteiger partial charge in [-0.1, -0.05) is 49.2 Å². The number of aryl methyl sites for hydroxylation is 2. The molecule has 0 atom stereocenters. The first-order valence-corrected chi connectivity index (χ1v) is 9.56. The molecule has 3 heteroatoms. The van der Waals surface area contributed by atoms with Gasteiger partial charge in [-0.05, 0) is 55.9 Å². The summed E-state index contributed by atoms with van der Waals surface area (Å²) in [5, 5.41) is 8.61. The highest BCUT2D eigenvalue weighted by molar-refractivity contribution is 7.12. The predicted molar refractivity (Wildman–Crippen MR) is 103 cm³/mol. The lowest BCUT2D eigenvalue weighted by Crippen LogP contribution is -1.91. The maximum absolute atomic E-state index is 10.5. The molecule has 0 spiro atoms. The average Bonchev–Trinajstić information content (AvgIpc) is 3.03. The van der Waals surface area contributed by atoms with Crippen LogP contribution in [0, 0.1) is 0 Å². The Bertz CT molecular complexity index is 628. The third-order valence-electron chi connectivity index (χ3n) is 3.97. The van der Waals surface area contributed by atoms with Crippen LogP contribution >= 0.6 is 11.3 Å². The van der Waals surface area contributed by atoms with Gasteiger partial charge in [0.05, 0.1) is 0 Å². The molecular formula is C21H26O2S. The molecule has 2 aromatic rings. The van der Waals surface area contributed by atoms with E-state index in [1.165, 1.54) is 47.4 Å². The van der Waals surface area contributed by atoms with Gasteiger partial charge in [0, 0.05) is 16.2 Å². The first-order chi connectivity index (χ1) is 11.7. The molecule has 0 amide bonds. The van der Waals surface area contributed by atoms with Crippen LogP contribution < -0.4 is 0 Å². The van der Waals surface area contributed by atoms with Crippen LogP contribution in [0.15, 0.2) is 48.5 Å². The first-order valence-electron chi connectivity index (χ1n) is 8.75. The summed E-state index contributed by atoms with van der Waals surface area (Å²) in [6, 6.07) is 15.0. The second-order valence-electron chi connectivity index (χ2n) is 6.04. The van der Waals surface area contributed by atoms with E-state index in [-0.39, 0.29) is 6.42 Å². The molecule has 1 aromatic heterocycles. The van der Waals surface area contributed by atoms with E-state index in [1.807, 2.05) is 23.5 Å². The van der Waals surface area contributed by atoms with Crippen LogP contribution in [0.4, 0.5) is 0 Å². The Morgan fingerprint density at radius 3 is 2.46 bits per heavy atom. The largest absolute Gasteiger partial charge is 0.481 e. The topological polar surface area (TPSA) is 37.3 Å². The number of thiophene rings is 1. The molecule has 0 fully saturated rings. The molecule has 2 nitrogen and oxygen atoms in total. The van der Waals surface area contributed by atoms with Crippen molar-refractivity contribution in [2.45, 2.75) is 51.4 Å². The molecule has 0 saturated heterocycles. The lowest BCUT2D eigenvalue weighted by molar-refractivity contribution is -0.136. The third-order valence-corrected chi connectivity index (χ3v) is 5.08. The highest BCUT2D eigenvalue weighted by Crippen LogP contribution is 2.21. The van der Waals surface area contributed by atoms with Crippen LogP contribution in [0.5, 0.6) is 0 Å². The third kappa shape index (κ3) is 7.60. The van der Waals surface area contributed by atoms with Crippen molar-refractivity contribution in [1.82, 2.24) is 0 Å². The van der Waals surface area contributed by atoms with E-state index in [4.69, 9.17) is 5.11 Å². The molecular weight excluding hydrogens is 316 g/mol. The van der Waals surface area contributed by atoms with E-state index >= 15 is 0 Å². The SMILES string of the molecule is O=C(O)CC/C=C/c1ccc(CCCCCCc2ccccc2)s1.